The van der Waals surface area contributed by atoms with Crippen molar-refractivity contribution in [2.24, 2.45) is 0 Å². The highest BCUT2D eigenvalue weighted by Crippen LogP contribution is 2.41. The van der Waals surface area contributed by atoms with Crippen LogP contribution in [0.2, 0.25) is 0 Å². The summed E-state index contributed by atoms with van der Waals surface area (Å²) < 4.78 is 2.22. The predicted molar refractivity (Wildman–Crippen MR) is 107 cm³/mol. The van der Waals surface area contributed by atoms with Gasteiger partial charge >= 0.3 is 0 Å². The summed E-state index contributed by atoms with van der Waals surface area (Å²) in [5.41, 5.74) is 6.23. The molecule has 0 aromatic carbocycles. The summed E-state index contributed by atoms with van der Waals surface area (Å²) in [4.78, 5) is 7.97. The number of hydrogen-bond acceptors (Lipinski definition) is 3. The molecular weight excluding hydrogens is 346 g/mol. The van der Waals surface area contributed by atoms with Gasteiger partial charge in [0.05, 0.1) is 5.69 Å². The summed E-state index contributed by atoms with van der Waals surface area (Å²) in [5, 5.41) is 9.67. The molecule has 26 heavy (non-hydrogen) atoms. The summed E-state index contributed by atoms with van der Waals surface area (Å²) in [7, 11) is 0. The van der Waals surface area contributed by atoms with Gasteiger partial charge < -0.3 is 10.3 Å². The molecule has 0 radical (unpaired) electrons. The molecule has 1 spiro atoms. The first kappa shape index (κ1) is 17.6. The van der Waals surface area contributed by atoms with Crippen molar-refractivity contribution in [2.75, 3.05) is 13.1 Å². The average molecular weight is 372 g/mol. The van der Waals surface area contributed by atoms with Gasteiger partial charge in [0.15, 0.2) is 0 Å². The van der Waals surface area contributed by atoms with Crippen LogP contribution in [0.25, 0.3) is 22.3 Å². The largest absolute Gasteiger partial charge is 0.346 e. The SMILES string of the molecule is CCC(C)c1c[nH]c2ncc(-c3cc4n(n3)CCC43CCNC3)cc12.Cl. The highest BCUT2D eigenvalue weighted by Gasteiger charge is 2.42. The van der Waals surface area contributed by atoms with E-state index in [1.165, 1.54) is 29.5 Å². The number of halogens is 1. The van der Waals surface area contributed by atoms with Gasteiger partial charge in [0.25, 0.3) is 0 Å². The van der Waals surface area contributed by atoms with Crippen molar-refractivity contribution in [3.63, 3.8) is 0 Å². The van der Waals surface area contributed by atoms with Crippen LogP contribution in [-0.4, -0.2) is 32.8 Å². The van der Waals surface area contributed by atoms with Gasteiger partial charge in [-0.05, 0) is 49.4 Å². The number of fused-ring (bicyclic) bond motifs is 3. The second-order valence-electron chi connectivity index (χ2n) is 7.77. The summed E-state index contributed by atoms with van der Waals surface area (Å²) >= 11 is 0. The van der Waals surface area contributed by atoms with Gasteiger partial charge in [-0.15, -0.1) is 12.4 Å². The van der Waals surface area contributed by atoms with Gasteiger partial charge in [0.2, 0.25) is 0 Å². The van der Waals surface area contributed by atoms with Crippen LogP contribution < -0.4 is 5.32 Å². The molecule has 5 rings (SSSR count). The van der Waals surface area contributed by atoms with E-state index >= 15 is 0 Å². The van der Waals surface area contributed by atoms with E-state index in [1.807, 2.05) is 6.20 Å². The Morgan fingerprint density at radius 1 is 1.31 bits per heavy atom. The number of nitrogens with one attached hydrogen (secondary N) is 2. The molecule has 5 nitrogen and oxygen atoms in total. The third kappa shape index (κ3) is 2.48. The molecule has 138 valence electrons. The van der Waals surface area contributed by atoms with E-state index in [0.717, 1.165) is 43.0 Å². The fourth-order valence-electron chi connectivity index (χ4n) is 4.57. The van der Waals surface area contributed by atoms with E-state index in [-0.39, 0.29) is 12.4 Å². The molecule has 2 atom stereocenters. The lowest BCUT2D eigenvalue weighted by Crippen LogP contribution is -2.25. The zero-order chi connectivity index (χ0) is 17.0. The second kappa shape index (κ2) is 6.39. The highest BCUT2D eigenvalue weighted by atomic mass is 35.5. The highest BCUT2D eigenvalue weighted by molar-refractivity contribution is 5.85. The normalized spacial score (nSPS) is 22.7. The zero-order valence-electron chi connectivity index (χ0n) is 15.4. The van der Waals surface area contributed by atoms with Crippen LogP contribution in [0.4, 0.5) is 0 Å². The standard InChI is InChI=1S/C20H25N5.ClH/c1-3-13(2)16-11-23-19-15(16)8-14(10-22-19)17-9-18-20(4-6-21-12-20)5-7-25(18)24-17;/h8-11,13,21H,3-7,12H2,1-2H3,(H,22,23);1H. The smallest absolute Gasteiger partial charge is 0.137 e. The van der Waals surface area contributed by atoms with E-state index in [9.17, 15) is 0 Å². The Morgan fingerprint density at radius 2 is 2.19 bits per heavy atom. The van der Waals surface area contributed by atoms with Crippen LogP contribution in [0.3, 0.4) is 0 Å². The van der Waals surface area contributed by atoms with Crippen LogP contribution in [0.5, 0.6) is 0 Å². The van der Waals surface area contributed by atoms with Crippen molar-refractivity contribution in [3.8, 4) is 11.3 Å². The van der Waals surface area contributed by atoms with Crippen LogP contribution in [0.1, 0.15) is 50.3 Å². The third-order valence-electron chi connectivity index (χ3n) is 6.37. The fraction of sp³-hybridized carbons (Fsp3) is 0.500. The van der Waals surface area contributed by atoms with Gasteiger partial charge in [-0.3, -0.25) is 4.68 Å². The van der Waals surface area contributed by atoms with Crippen LogP contribution in [0.15, 0.2) is 24.5 Å². The van der Waals surface area contributed by atoms with Gasteiger partial charge in [-0.25, -0.2) is 4.98 Å². The number of aromatic nitrogens is 4. The molecule has 5 heterocycles. The Morgan fingerprint density at radius 3 is 2.96 bits per heavy atom. The van der Waals surface area contributed by atoms with Gasteiger partial charge in [-0.1, -0.05) is 13.8 Å². The minimum atomic E-state index is 0. The molecule has 0 saturated carbocycles. The number of aryl methyl sites for hydroxylation is 1. The first-order valence-corrected chi connectivity index (χ1v) is 9.47. The molecule has 2 N–H and O–H groups in total. The molecule has 3 aromatic rings. The Kier molecular flexibility index (Phi) is 4.32. The monoisotopic (exact) mass is 371 g/mol. The summed E-state index contributed by atoms with van der Waals surface area (Å²) in [6, 6.07) is 4.57. The number of H-pyrrole nitrogens is 1. The van der Waals surface area contributed by atoms with Gasteiger partial charge in [0.1, 0.15) is 5.65 Å². The van der Waals surface area contributed by atoms with Crippen molar-refractivity contribution >= 4 is 23.4 Å². The van der Waals surface area contributed by atoms with Crippen molar-refractivity contribution in [2.45, 2.75) is 51.0 Å². The van der Waals surface area contributed by atoms with E-state index in [1.54, 1.807) is 0 Å². The molecule has 0 bridgehead atoms. The molecule has 2 unspecified atom stereocenters. The fourth-order valence-corrected chi connectivity index (χ4v) is 4.57. The lowest BCUT2D eigenvalue weighted by Gasteiger charge is -2.20. The zero-order valence-corrected chi connectivity index (χ0v) is 16.2. The maximum absolute atomic E-state index is 4.90. The van der Waals surface area contributed by atoms with E-state index in [4.69, 9.17) is 5.10 Å². The number of aromatic amines is 1. The molecule has 2 aliphatic heterocycles. The quantitative estimate of drug-likeness (QED) is 0.731. The summed E-state index contributed by atoms with van der Waals surface area (Å²) in [6.45, 7) is 7.75. The van der Waals surface area contributed by atoms with Crippen molar-refractivity contribution in [1.82, 2.24) is 25.1 Å². The molecule has 0 amide bonds. The summed E-state index contributed by atoms with van der Waals surface area (Å²) in [6.07, 6.45) is 7.64. The minimum Gasteiger partial charge on any atom is -0.346 e. The van der Waals surface area contributed by atoms with Crippen molar-refractivity contribution in [1.29, 1.82) is 0 Å². The molecule has 0 aliphatic carbocycles. The molecule has 6 heteroatoms. The number of nitrogens with zero attached hydrogens (tertiary/aromatic N) is 3. The van der Waals surface area contributed by atoms with Crippen LogP contribution in [0, 0.1) is 0 Å². The minimum absolute atomic E-state index is 0. The number of rotatable bonds is 3. The van der Waals surface area contributed by atoms with Gasteiger partial charge in [0, 0.05) is 47.5 Å². The summed E-state index contributed by atoms with van der Waals surface area (Å²) in [5.74, 6) is 0.533. The van der Waals surface area contributed by atoms with Crippen molar-refractivity contribution in [3.05, 3.63) is 35.8 Å². The lowest BCUT2D eigenvalue weighted by molar-refractivity contribution is 0.467. The van der Waals surface area contributed by atoms with E-state index in [2.05, 4.69) is 52.1 Å². The first-order chi connectivity index (χ1) is 12.2. The molecular formula is C20H26ClN5. The molecule has 2 aliphatic rings. The Bertz CT molecular complexity index is 935. The predicted octanol–water partition coefficient (Wildman–Crippen LogP) is 4.00. The first-order valence-electron chi connectivity index (χ1n) is 9.47. The Labute approximate surface area is 160 Å². The lowest BCUT2D eigenvalue weighted by atomic mass is 9.82. The topological polar surface area (TPSA) is 58.5 Å². The van der Waals surface area contributed by atoms with E-state index in [0.29, 0.717) is 11.3 Å². The third-order valence-corrected chi connectivity index (χ3v) is 6.37. The molecule has 3 aromatic heterocycles. The van der Waals surface area contributed by atoms with E-state index < -0.39 is 0 Å². The van der Waals surface area contributed by atoms with Gasteiger partial charge in [-0.2, -0.15) is 5.10 Å². The van der Waals surface area contributed by atoms with Crippen LogP contribution >= 0.6 is 12.4 Å². The maximum atomic E-state index is 4.90. The molecule has 1 saturated heterocycles. The second-order valence-corrected chi connectivity index (χ2v) is 7.77. The maximum Gasteiger partial charge on any atom is 0.137 e. The van der Waals surface area contributed by atoms with Crippen molar-refractivity contribution < 1.29 is 0 Å². The Balaban J connectivity index is 0.00000168. The number of hydrogen-bond donors (Lipinski definition) is 2. The molecule has 1 fully saturated rings. The Hall–Kier alpha value is -1.85. The van der Waals surface area contributed by atoms with Crippen LogP contribution in [-0.2, 0) is 12.0 Å². The number of pyridine rings is 1. The average Bonchev–Trinajstić information content (AvgIpc) is 3.40.